The number of rotatable bonds is 9. The van der Waals surface area contributed by atoms with E-state index in [2.05, 4.69) is 23.8 Å². The van der Waals surface area contributed by atoms with Crippen LogP contribution in [0.3, 0.4) is 0 Å². The fraction of sp³-hybridized carbons (Fsp3) is 0.400. The normalized spacial score (nSPS) is 12.8. The van der Waals surface area contributed by atoms with E-state index in [0.717, 1.165) is 12.0 Å². The van der Waals surface area contributed by atoms with Crippen molar-refractivity contribution in [3.63, 3.8) is 0 Å². The maximum absolute atomic E-state index is 12.7. The maximum Gasteiger partial charge on any atom is 0.240 e. The third-order valence-electron chi connectivity index (χ3n) is 4.53. The highest BCUT2D eigenvalue weighted by Crippen LogP contribution is 2.29. The minimum atomic E-state index is -3.68. The van der Waals surface area contributed by atoms with Crippen molar-refractivity contribution in [2.24, 2.45) is 0 Å². The summed E-state index contributed by atoms with van der Waals surface area (Å²) >= 11 is 0. The molecule has 0 spiro atoms. The lowest BCUT2D eigenvalue weighted by Gasteiger charge is -2.25. The number of hydrogen-bond acceptors (Lipinski definition) is 5. The van der Waals surface area contributed by atoms with Crippen LogP contribution >= 0.6 is 0 Å². The van der Waals surface area contributed by atoms with Gasteiger partial charge in [-0.25, -0.2) is 13.1 Å². The summed E-state index contributed by atoms with van der Waals surface area (Å²) in [4.78, 5) is 2.14. The summed E-state index contributed by atoms with van der Waals surface area (Å²) in [7, 11) is 3.17. The predicted octanol–water partition coefficient (Wildman–Crippen LogP) is 2.85. The molecule has 0 aliphatic rings. The monoisotopic (exact) mass is 392 g/mol. The first-order chi connectivity index (χ1) is 12.8. The van der Waals surface area contributed by atoms with Gasteiger partial charge in [0.1, 0.15) is 0 Å². The van der Waals surface area contributed by atoms with E-state index in [1.165, 1.54) is 31.9 Å². The van der Waals surface area contributed by atoms with E-state index in [0.29, 0.717) is 11.5 Å². The van der Waals surface area contributed by atoms with Crippen molar-refractivity contribution in [2.45, 2.75) is 24.3 Å². The highest BCUT2D eigenvalue weighted by atomic mass is 32.2. The second-order valence-electron chi connectivity index (χ2n) is 6.44. The van der Waals surface area contributed by atoms with Crippen molar-refractivity contribution in [3.05, 3.63) is 53.6 Å². The van der Waals surface area contributed by atoms with Crippen molar-refractivity contribution in [2.75, 3.05) is 34.9 Å². The zero-order valence-electron chi connectivity index (χ0n) is 16.5. The molecule has 148 valence electrons. The molecular weight excluding hydrogens is 364 g/mol. The van der Waals surface area contributed by atoms with E-state index >= 15 is 0 Å². The van der Waals surface area contributed by atoms with Gasteiger partial charge in [0.2, 0.25) is 10.0 Å². The minimum Gasteiger partial charge on any atom is -0.493 e. The quantitative estimate of drug-likeness (QED) is 0.711. The number of benzene rings is 2. The van der Waals surface area contributed by atoms with Crippen molar-refractivity contribution < 1.29 is 17.9 Å². The van der Waals surface area contributed by atoms with Crippen LogP contribution in [0.2, 0.25) is 0 Å². The average Bonchev–Trinajstić information content (AvgIpc) is 2.67. The number of methoxy groups -OCH3 is 2. The average molecular weight is 393 g/mol. The first kappa shape index (κ1) is 21.2. The Kier molecular flexibility index (Phi) is 7.24. The molecular formula is C20H28N2O4S. The smallest absolute Gasteiger partial charge is 0.240 e. The van der Waals surface area contributed by atoms with Gasteiger partial charge in [-0.15, -0.1) is 0 Å². The Morgan fingerprint density at radius 2 is 1.63 bits per heavy atom. The number of sulfonamides is 1. The van der Waals surface area contributed by atoms with Crippen LogP contribution in [0.4, 0.5) is 0 Å². The fourth-order valence-electron chi connectivity index (χ4n) is 2.83. The summed E-state index contributed by atoms with van der Waals surface area (Å²) in [6, 6.07) is 12.7. The zero-order chi connectivity index (χ0) is 20.0. The number of hydrogen-bond donors (Lipinski definition) is 1. The molecule has 7 heteroatoms. The summed E-state index contributed by atoms with van der Waals surface area (Å²) in [5.74, 6) is 0.860. The Morgan fingerprint density at radius 1 is 1.00 bits per heavy atom. The Labute approximate surface area is 162 Å². The molecule has 2 aromatic carbocycles. The first-order valence-electron chi connectivity index (χ1n) is 8.79. The maximum atomic E-state index is 12.7. The van der Waals surface area contributed by atoms with Gasteiger partial charge >= 0.3 is 0 Å². The highest BCUT2D eigenvalue weighted by Gasteiger charge is 2.21. The summed E-state index contributed by atoms with van der Waals surface area (Å²) < 4.78 is 38.5. The molecule has 1 N–H and O–H groups in total. The van der Waals surface area contributed by atoms with E-state index in [-0.39, 0.29) is 17.5 Å². The summed E-state index contributed by atoms with van der Waals surface area (Å²) in [5.41, 5.74) is 2.31. The van der Waals surface area contributed by atoms with Crippen LogP contribution < -0.4 is 14.2 Å². The molecule has 1 atom stereocenters. The van der Waals surface area contributed by atoms with E-state index in [9.17, 15) is 8.42 Å². The largest absolute Gasteiger partial charge is 0.493 e. The molecule has 0 saturated carbocycles. The van der Waals surface area contributed by atoms with Gasteiger partial charge in [0, 0.05) is 18.7 Å². The Bertz CT molecular complexity index is 849. The second kappa shape index (κ2) is 9.21. The number of nitrogens with zero attached hydrogens (tertiary/aromatic N) is 1. The lowest BCUT2D eigenvalue weighted by atomic mass is 10.0. The highest BCUT2D eigenvalue weighted by molar-refractivity contribution is 7.89. The Hall–Kier alpha value is -2.09. The Morgan fingerprint density at radius 3 is 2.15 bits per heavy atom. The molecule has 0 heterocycles. The molecule has 0 fully saturated rings. The molecule has 0 bridgehead atoms. The van der Waals surface area contributed by atoms with Crippen molar-refractivity contribution in [1.82, 2.24) is 9.62 Å². The molecule has 2 aromatic rings. The van der Waals surface area contributed by atoms with Gasteiger partial charge in [0.05, 0.1) is 19.1 Å². The lowest BCUT2D eigenvalue weighted by Crippen LogP contribution is -2.34. The van der Waals surface area contributed by atoms with Crippen LogP contribution in [0.15, 0.2) is 47.4 Å². The number of ether oxygens (including phenoxy) is 2. The van der Waals surface area contributed by atoms with E-state index in [1.54, 1.807) is 6.07 Å². The summed E-state index contributed by atoms with van der Waals surface area (Å²) in [6.45, 7) is 2.37. The predicted molar refractivity (Wildman–Crippen MR) is 107 cm³/mol. The lowest BCUT2D eigenvalue weighted by molar-refractivity contribution is 0.299. The topological polar surface area (TPSA) is 67.9 Å². The molecule has 0 aliphatic carbocycles. The van der Waals surface area contributed by atoms with Gasteiger partial charge in [-0.05, 0) is 43.8 Å². The Balaban J connectivity index is 2.20. The van der Waals surface area contributed by atoms with Crippen molar-refractivity contribution >= 4 is 10.0 Å². The van der Waals surface area contributed by atoms with Gasteiger partial charge in [-0.2, -0.15) is 0 Å². The van der Waals surface area contributed by atoms with Crippen molar-refractivity contribution in [3.8, 4) is 11.5 Å². The van der Waals surface area contributed by atoms with Crippen LogP contribution in [-0.4, -0.2) is 48.2 Å². The number of likely N-dealkylation sites (N-methyl/N-ethyl adjacent to an activating group) is 1. The molecule has 0 amide bonds. The van der Waals surface area contributed by atoms with Gasteiger partial charge < -0.3 is 14.4 Å². The van der Waals surface area contributed by atoms with Crippen LogP contribution in [-0.2, 0) is 16.4 Å². The molecule has 0 radical (unpaired) electrons. The molecule has 2 rings (SSSR count). The second-order valence-corrected chi connectivity index (χ2v) is 8.21. The molecule has 0 aromatic heterocycles. The van der Waals surface area contributed by atoms with E-state index in [1.807, 2.05) is 31.1 Å². The van der Waals surface area contributed by atoms with Gasteiger partial charge in [0.15, 0.2) is 11.5 Å². The van der Waals surface area contributed by atoms with E-state index in [4.69, 9.17) is 9.47 Å². The summed E-state index contributed by atoms with van der Waals surface area (Å²) in [6.07, 6.45) is 0.971. The molecule has 6 nitrogen and oxygen atoms in total. The van der Waals surface area contributed by atoms with Crippen LogP contribution in [0.1, 0.15) is 24.1 Å². The fourth-order valence-corrected chi connectivity index (χ4v) is 3.88. The van der Waals surface area contributed by atoms with E-state index < -0.39 is 10.0 Å². The number of aryl methyl sites for hydroxylation is 1. The molecule has 0 saturated heterocycles. The third kappa shape index (κ3) is 5.22. The zero-order valence-corrected chi connectivity index (χ0v) is 17.3. The van der Waals surface area contributed by atoms with Crippen LogP contribution in [0.5, 0.6) is 11.5 Å². The van der Waals surface area contributed by atoms with Crippen molar-refractivity contribution in [1.29, 1.82) is 0 Å². The van der Waals surface area contributed by atoms with Crippen LogP contribution in [0, 0.1) is 0 Å². The SMILES string of the molecule is CCc1ccc(C(CNS(=O)(=O)c2ccc(OC)c(OC)c2)N(C)C)cc1. The minimum absolute atomic E-state index is 0.0779. The standard InChI is InChI=1S/C20H28N2O4S/c1-6-15-7-9-16(10-8-15)18(22(2)3)14-21-27(23,24)17-11-12-19(25-4)20(13-17)26-5/h7-13,18,21H,6,14H2,1-5H3. The molecule has 1 unspecified atom stereocenters. The van der Waals surface area contributed by atoms with Gasteiger partial charge in [-0.3, -0.25) is 0 Å². The third-order valence-corrected chi connectivity index (χ3v) is 5.95. The van der Waals surface area contributed by atoms with Gasteiger partial charge in [-0.1, -0.05) is 31.2 Å². The number of nitrogens with one attached hydrogen (secondary N) is 1. The van der Waals surface area contributed by atoms with Gasteiger partial charge in [0.25, 0.3) is 0 Å². The molecule has 27 heavy (non-hydrogen) atoms. The van der Waals surface area contributed by atoms with Crippen LogP contribution in [0.25, 0.3) is 0 Å². The molecule has 0 aliphatic heterocycles. The first-order valence-corrected chi connectivity index (χ1v) is 10.3. The summed E-state index contributed by atoms with van der Waals surface area (Å²) in [5, 5.41) is 0.